The number of carboxylic acids is 1. The first kappa shape index (κ1) is 13.9. The van der Waals surface area contributed by atoms with E-state index in [9.17, 15) is 9.59 Å². The summed E-state index contributed by atoms with van der Waals surface area (Å²) < 4.78 is 5.44. The van der Waals surface area contributed by atoms with E-state index >= 15 is 0 Å². The number of carboxylic acid groups (broad SMARTS) is 1. The first-order valence-corrected chi connectivity index (χ1v) is 6.73. The van der Waals surface area contributed by atoms with Crippen molar-refractivity contribution in [2.45, 2.75) is 6.42 Å². The van der Waals surface area contributed by atoms with Gasteiger partial charge in [0.2, 0.25) is 0 Å². The van der Waals surface area contributed by atoms with Crippen molar-refractivity contribution in [1.82, 2.24) is 4.98 Å². The Balaban J connectivity index is 1.98. The Bertz CT molecular complexity index is 836. The van der Waals surface area contributed by atoms with E-state index in [4.69, 9.17) is 9.84 Å². The summed E-state index contributed by atoms with van der Waals surface area (Å²) in [7, 11) is 0. The van der Waals surface area contributed by atoms with Gasteiger partial charge in [-0.1, -0.05) is 24.3 Å². The van der Waals surface area contributed by atoms with Gasteiger partial charge in [-0.05, 0) is 29.8 Å². The number of aromatic amines is 1. The van der Waals surface area contributed by atoms with E-state index in [0.29, 0.717) is 22.3 Å². The largest absolute Gasteiger partial charge is 0.481 e. The highest BCUT2D eigenvalue weighted by Gasteiger charge is 2.15. The van der Waals surface area contributed by atoms with Crippen molar-refractivity contribution in [3.8, 4) is 5.75 Å². The predicted octanol–water partition coefficient (Wildman–Crippen LogP) is 3.01. The molecule has 0 saturated carbocycles. The summed E-state index contributed by atoms with van der Waals surface area (Å²) in [5.41, 5.74) is 1.75. The van der Waals surface area contributed by atoms with Gasteiger partial charge < -0.3 is 14.8 Å². The second-order valence-corrected chi connectivity index (χ2v) is 4.82. The quantitative estimate of drug-likeness (QED) is 0.573. The summed E-state index contributed by atoms with van der Waals surface area (Å²) in [6, 6.07) is 13.9. The summed E-state index contributed by atoms with van der Waals surface area (Å²) in [4.78, 5) is 26.1. The van der Waals surface area contributed by atoms with E-state index in [1.807, 2.05) is 6.07 Å². The van der Waals surface area contributed by atoms with Crippen molar-refractivity contribution in [1.29, 1.82) is 0 Å². The number of carbonyl (C=O) groups excluding carboxylic acids is 1. The monoisotopic (exact) mass is 295 g/mol. The number of ether oxygens (including phenoxy) is 1. The molecule has 1 heterocycles. The van der Waals surface area contributed by atoms with Gasteiger partial charge >= 0.3 is 11.9 Å². The Labute approximate surface area is 126 Å². The molecule has 0 atom stereocenters. The van der Waals surface area contributed by atoms with Gasteiger partial charge in [-0.2, -0.15) is 0 Å². The van der Waals surface area contributed by atoms with Crippen molar-refractivity contribution >= 4 is 22.8 Å². The van der Waals surface area contributed by atoms with Crippen LogP contribution in [0.25, 0.3) is 10.9 Å². The number of H-pyrrole nitrogens is 1. The summed E-state index contributed by atoms with van der Waals surface area (Å²) >= 11 is 0. The molecular formula is C17H13NO4. The lowest BCUT2D eigenvalue weighted by Gasteiger charge is -2.07. The molecule has 0 aliphatic rings. The van der Waals surface area contributed by atoms with Crippen LogP contribution in [0.5, 0.6) is 5.75 Å². The number of fused-ring (bicyclic) bond motifs is 1. The Hall–Kier alpha value is -3.08. The standard InChI is InChI=1S/C17H13NO4/c19-15(20)9-12-10-18-13-7-4-8-14(16(12)13)22-17(21)11-5-2-1-3-6-11/h1-8,10,18H,9H2,(H,19,20). The lowest BCUT2D eigenvalue weighted by molar-refractivity contribution is -0.136. The van der Waals surface area contributed by atoms with Crippen LogP contribution in [-0.4, -0.2) is 22.0 Å². The van der Waals surface area contributed by atoms with Crippen LogP contribution in [0.1, 0.15) is 15.9 Å². The van der Waals surface area contributed by atoms with E-state index in [0.717, 1.165) is 5.52 Å². The number of aromatic nitrogens is 1. The molecule has 5 nitrogen and oxygen atoms in total. The molecule has 0 spiro atoms. The maximum atomic E-state index is 12.2. The second-order valence-electron chi connectivity index (χ2n) is 4.82. The Morgan fingerprint density at radius 1 is 1.05 bits per heavy atom. The zero-order valence-electron chi connectivity index (χ0n) is 11.6. The predicted molar refractivity (Wildman–Crippen MR) is 81.0 cm³/mol. The van der Waals surface area contributed by atoms with Crippen LogP contribution >= 0.6 is 0 Å². The van der Waals surface area contributed by atoms with Gasteiger partial charge in [0.15, 0.2) is 0 Å². The molecule has 0 amide bonds. The molecule has 2 aromatic carbocycles. The van der Waals surface area contributed by atoms with Gasteiger partial charge in [0.1, 0.15) is 5.75 Å². The highest BCUT2D eigenvalue weighted by molar-refractivity contribution is 5.97. The number of hydrogen-bond acceptors (Lipinski definition) is 3. The van der Waals surface area contributed by atoms with Gasteiger partial charge in [-0.15, -0.1) is 0 Å². The third-order valence-corrected chi connectivity index (χ3v) is 3.30. The number of esters is 1. The fourth-order valence-corrected chi connectivity index (χ4v) is 2.34. The summed E-state index contributed by atoms with van der Waals surface area (Å²) in [5, 5.41) is 9.59. The van der Waals surface area contributed by atoms with Gasteiger partial charge in [0.25, 0.3) is 0 Å². The molecule has 0 aliphatic heterocycles. The third-order valence-electron chi connectivity index (χ3n) is 3.30. The molecule has 2 N–H and O–H groups in total. The SMILES string of the molecule is O=C(O)Cc1c[nH]c2cccc(OC(=O)c3ccccc3)c12. The summed E-state index contributed by atoms with van der Waals surface area (Å²) in [6.07, 6.45) is 1.48. The van der Waals surface area contributed by atoms with Crippen LogP contribution in [0.3, 0.4) is 0 Å². The molecular weight excluding hydrogens is 282 g/mol. The van der Waals surface area contributed by atoms with E-state index in [1.54, 1.807) is 48.7 Å². The molecule has 0 unspecified atom stereocenters. The summed E-state index contributed by atoms with van der Waals surface area (Å²) in [6.45, 7) is 0. The lowest BCUT2D eigenvalue weighted by atomic mass is 10.1. The molecule has 5 heteroatoms. The van der Waals surface area contributed by atoms with Gasteiger partial charge in [0.05, 0.1) is 12.0 Å². The maximum Gasteiger partial charge on any atom is 0.343 e. The van der Waals surface area contributed by atoms with Crippen molar-refractivity contribution in [2.24, 2.45) is 0 Å². The van der Waals surface area contributed by atoms with Crippen molar-refractivity contribution < 1.29 is 19.4 Å². The molecule has 0 fully saturated rings. The van der Waals surface area contributed by atoms with Crippen LogP contribution in [0.15, 0.2) is 54.7 Å². The Morgan fingerprint density at radius 2 is 1.82 bits per heavy atom. The Kier molecular flexibility index (Phi) is 3.62. The summed E-state index contributed by atoms with van der Waals surface area (Å²) in [5.74, 6) is -1.07. The fraction of sp³-hybridized carbons (Fsp3) is 0.0588. The number of aliphatic carboxylic acids is 1. The number of hydrogen-bond donors (Lipinski definition) is 2. The van der Waals surface area contributed by atoms with Gasteiger partial charge in [-0.3, -0.25) is 4.79 Å². The lowest BCUT2D eigenvalue weighted by Crippen LogP contribution is -2.08. The van der Waals surface area contributed by atoms with Crippen LogP contribution in [-0.2, 0) is 11.2 Å². The molecule has 22 heavy (non-hydrogen) atoms. The minimum absolute atomic E-state index is 0.139. The van der Waals surface area contributed by atoms with Crippen LogP contribution in [0, 0.1) is 0 Å². The van der Waals surface area contributed by atoms with Crippen LogP contribution in [0.2, 0.25) is 0 Å². The van der Waals surface area contributed by atoms with Gasteiger partial charge in [-0.25, -0.2) is 4.79 Å². The topological polar surface area (TPSA) is 79.4 Å². The molecule has 3 rings (SSSR count). The maximum absolute atomic E-state index is 12.2. The molecule has 3 aromatic rings. The minimum Gasteiger partial charge on any atom is -0.481 e. The molecule has 0 saturated heterocycles. The molecule has 110 valence electrons. The number of rotatable bonds is 4. The molecule has 1 aromatic heterocycles. The van der Waals surface area contributed by atoms with Crippen molar-refractivity contribution in [3.05, 3.63) is 65.9 Å². The average Bonchev–Trinajstić information content (AvgIpc) is 2.91. The first-order chi connectivity index (χ1) is 10.6. The fourth-order valence-electron chi connectivity index (χ4n) is 2.34. The number of nitrogens with one attached hydrogen (secondary N) is 1. The highest BCUT2D eigenvalue weighted by Crippen LogP contribution is 2.29. The van der Waals surface area contributed by atoms with Crippen molar-refractivity contribution in [3.63, 3.8) is 0 Å². The average molecular weight is 295 g/mol. The molecule has 0 radical (unpaired) electrons. The Morgan fingerprint density at radius 3 is 2.55 bits per heavy atom. The third kappa shape index (κ3) is 2.69. The number of carbonyl (C=O) groups is 2. The second kappa shape index (κ2) is 5.73. The highest BCUT2D eigenvalue weighted by atomic mass is 16.5. The molecule has 0 aliphatic carbocycles. The minimum atomic E-state index is -0.940. The van der Waals surface area contributed by atoms with Crippen molar-refractivity contribution in [2.75, 3.05) is 0 Å². The van der Waals surface area contributed by atoms with E-state index in [1.165, 1.54) is 0 Å². The zero-order chi connectivity index (χ0) is 15.5. The smallest absolute Gasteiger partial charge is 0.343 e. The molecule has 0 bridgehead atoms. The first-order valence-electron chi connectivity index (χ1n) is 6.73. The van der Waals surface area contributed by atoms with E-state index in [2.05, 4.69) is 4.98 Å². The van der Waals surface area contributed by atoms with Crippen LogP contribution in [0.4, 0.5) is 0 Å². The van der Waals surface area contributed by atoms with E-state index in [-0.39, 0.29) is 6.42 Å². The zero-order valence-corrected chi connectivity index (χ0v) is 11.6. The van der Waals surface area contributed by atoms with Crippen LogP contribution < -0.4 is 4.74 Å². The number of benzene rings is 2. The van der Waals surface area contributed by atoms with Gasteiger partial charge in [0, 0.05) is 17.1 Å². The van der Waals surface area contributed by atoms with E-state index < -0.39 is 11.9 Å². The normalized spacial score (nSPS) is 10.5.